The van der Waals surface area contributed by atoms with Crippen molar-refractivity contribution in [2.24, 2.45) is 0 Å². The van der Waals surface area contributed by atoms with E-state index in [1.165, 1.54) is 41.7 Å². The fourth-order valence-corrected chi connectivity index (χ4v) is 5.27. The van der Waals surface area contributed by atoms with E-state index >= 15 is 0 Å². The number of nitrogens with zero attached hydrogens (tertiary/aromatic N) is 1. The number of benzene rings is 1. The zero-order chi connectivity index (χ0) is 18.1. The number of hydrogen-bond donors (Lipinski definition) is 1. The molecule has 26 heavy (non-hydrogen) atoms. The molecule has 4 rings (SSSR count). The Morgan fingerprint density at radius 3 is 2.88 bits per heavy atom. The highest BCUT2D eigenvalue weighted by atomic mass is 32.2. The summed E-state index contributed by atoms with van der Waals surface area (Å²) in [5.41, 5.74) is 1.52. The normalized spacial score (nSPS) is 17.7. The van der Waals surface area contributed by atoms with Crippen LogP contribution in [0.1, 0.15) is 24.1 Å². The minimum atomic E-state index is -0.290. The van der Waals surface area contributed by atoms with Gasteiger partial charge in [0.1, 0.15) is 10.6 Å². The third-order valence-corrected chi connectivity index (χ3v) is 6.53. The Bertz CT molecular complexity index is 976. The smallest absolute Gasteiger partial charge is 0.260 e. The molecule has 136 valence electrons. The van der Waals surface area contributed by atoms with Crippen molar-refractivity contribution in [2.45, 2.75) is 37.4 Å². The molecular weight excluding hydrogens is 371 g/mol. The second-order valence-corrected chi connectivity index (χ2v) is 8.60. The number of thioether (sulfide) groups is 1. The maximum absolute atomic E-state index is 13.2. The van der Waals surface area contributed by atoms with Crippen molar-refractivity contribution in [1.29, 1.82) is 0 Å². The van der Waals surface area contributed by atoms with Crippen molar-refractivity contribution >= 4 is 33.3 Å². The van der Waals surface area contributed by atoms with Crippen LogP contribution in [0.2, 0.25) is 0 Å². The molecule has 0 saturated carbocycles. The minimum Gasteiger partial charge on any atom is -0.377 e. The Labute approximate surface area is 158 Å². The summed E-state index contributed by atoms with van der Waals surface area (Å²) in [4.78, 5) is 22.0. The third kappa shape index (κ3) is 3.56. The molecule has 0 aliphatic carbocycles. The summed E-state index contributed by atoms with van der Waals surface area (Å²) in [5, 5.41) is 1.21. The van der Waals surface area contributed by atoms with Gasteiger partial charge in [-0.3, -0.25) is 4.79 Å². The molecule has 1 aliphatic rings. The molecule has 1 aliphatic heterocycles. The van der Waals surface area contributed by atoms with Gasteiger partial charge in [-0.1, -0.05) is 23.9 Å². The Balaban J connectivity index is 1.66. The van der Waals surface area contributed by atoms with Crippen molar-refractivity contribution in [1.82, 2.24) is 9.97 Å². The average molecular weight is 391 g/mol. The second-order valence-electron chi connectivity index (χ2n) is 6.39. The van der Waals surface area contributed by atoms with Crippen LogP contribution in [0.3, 0.4) is 0 Å². The molecule has 7 heteroatoms. The van der Waals surface area contributed by atoms with Crippen molar-refractivity contribution in [2.75, 3.05) is 12.4 Å². The lowest BCUT2D eigenvalue weighted by Crippen LogP contribution is -2.21. The van der Waals surface area contributed by atoms with Gasteiger partial charge in [0.15, 0.2) is 5.16 Å². The molecule has 1 saturated heterocycles. The predicted octanol–water partition coefficient (Wildman–Crippen LogP) is 4.76. The maximum atomic E-state index is 13.2. The minimum absolute atomic E-state index is 0.147. The van der Waals surface area contributed by atoms with Crippen LogP contribution in [0, 0.1) is 12.7 Å². The number of thiophene rings is 1. The molecule has 1 unspecified atom stereocenters. The summed E-state index contributed by atoms with van der Waals surface area (Å²) >= 11 is 3.03. The van der Waals surface area contributed by atoms with Crippen molar-refractivity contribution in [3.8, 4) is 11.1 Å². The van der Waals surface area contributed by atoms with Crippen molar-refractivity contribution in [3.63, 3.8) is 0 Å². The first-order valence-electron chi connectivity index (χ1n) is 8.65. The maximum Gasteiger partial charge on any atom is 0.260 e. The van der Waals surface area contributed by atoms with E-state index in [0.29, 0.717) is 10.5 Å². The number of fused-ring (bicyclic) bond motifs is 1. The van der Waals surface area contributed by atoms with Crippen LogP contribution in [-0.4, -0.2) is 28.4 Å². The highest BCUT2D eigenvalue weighted by Crippen LogP contribution is 2.36. The van der Waals surface area contributed by atoms with E-state index in [0.717, 1.165) is 46.0 Å². The lowest BCUT2D eigenvalue weighted by atomic mass is 10.0. The number of aryl methyl sites for hydroxylation is 1. The molecule has 1 atom stereocenters. The zero-order valence-corrected chi connectivity index (χ0v) is 16.0. The van der Waals surface area contributed by atoms with E-state index in [2.05, 4.69) is 9.97 Å². The Kier molecular flexibility index (Phi) is 5.11. The summed E-state index contributed by atoms with van der Waals surface area (Å²) < 4.78 is 19.0. The van der Waals surface area contributed by atoms with E-state index in [4.69, 9.17) is 4.74 Å². The molecule has 3 aromatic rings. The van der Waals surface area contributed by atoms with Crippen molar-refractivity contribution < 1.29 is 9.13 Å². The van der Waals surface area contributed by atoms with Gasteiger partial charge in [-0.15, -0.1) is 11.3 Å². The predicted molar refractivity (Wildman–Crippen MR) is 105 cm³/mol. The summed E-state index contributed by atoms with van der Waals surface area (Å²) in [7, 11) is 0. The standard InChI is InChI=1S/C19H19FN2O2S2/c1-11-15(12-5-7-13(20)8-6-12)16-17(23)21-19(22-18(16)26-11)25-10-14-4-2-3-9-24-14/h5-8,14H,2-4,9-10H2,1H3,(H,21,22,23). The topological polar surface area (TPSA) is 55.0 Å². The van der Waals surface area contributed by atoms with E-state index in [9.17, 15) is 9.18 Å². The molecule has 3 heterocycles. The Morgan fingerprint density at radius 1 is 1.35 bits per heavy atom. The van der Waals surface area contributed by atoms with E-state index in [1.54, 1.807) is 12.1 Å². The fraction of sp³-hybridized carbons (Fsp3) is 0.368. The lowest BCUT2D eigenvalue weighted by Gasteiger charge is -2.21. The number of aromatic nitrogens is 2. The number of halogens is 1. The fourth-order valence-electron chi connectivity index (χ4n) is 3.24. The van der Waals surface area contributed by atoms with Gasteiger partial charge < -0.3 is 9.72 Å². The molecule has 2 aromatic heterocycles. The van der Waals surface area contributed by atoms with Gasteiger partial charge in [-0.2, -0.15) is 0 Å². The van der Waals surface area contributed by atoms with Crippen LogP contribution in [0.4, 0.5) is 4.39 Å². The quantitative estimate of drug-likeness (QED) is 0.515. The first kappa shape index (κ1) is 17.7. The van der Waals surface area contributed by atoms with Crippen LogP contribution in [0.15, 0.2) is 34.2 Å². The molecule has 1 fully saturated rings. The molecule has 1 N–H and O–H groups in total. The molecule has 4 nitrogen and oxygen atoms in total. The first-order valence-corrected chi connectivity index (χ1v) is 10.5. The summed E-state index contributed by atoms with van der Waals surface area (Å²) in [6.07, 6.45) is 3.61. The number of rotatable bonds is 4. The number of hydrogen-bond acceptors (Lipinski definition) is 5. The molecular formula is C19H19FN2O2S2. The number of nitrogens with one attached hydrogen (secondary N) is 1. The highest BCUT2D eigenvalue weighted by molar-refractivity contribution is 7.99. The van der Waals surface area contributed by atoms with Gasteiger partial charge in [0.05, 0.1) is 11.5 Å². The molecule has 0 spiro atoms. The van der Waals surface area contributed by atoms with Crippen LogP contribution in [0.25, 0.3) is 21.3 Å². The lowest BCUT2D eigenvalue weighted by molar-refractivity contribution is 0.0315. The van der Waals surface area contributed by atoms with Gasteiger partial charge in [-0.25, -0.2) is 9.37 Å². The molecule has 0 radical (unpaired) electrons. The largest absolute Gasteiger partial charge is 0.377 e. The highest BCUT2D eigenvalue weighted by Gasteiger charge is 2.18. The number of aromatic amines is 1. The SMILES string of the molecule is Cc1sc2nc(SCC3CCCCO3)[nH]c(=O)c2c1-c1ccc(F)cc1. The summed E-state index contributed by atoms with van der Waals surface area (Å²) in [5.74, 6) is 0.505. The monoisotopic (exact) mass is 390 g/mol. The first-order chi connectivity index (χ1) is 12.6. The molecule has 0 amide bonds. The van der Waals surface area contributed by atoms with Gasteiger partial charge in [-0.05, 0) is 43.9 Å². The van der Waals surface area contributed by atoms with Crippen LogP contribution in [-0.2, 0) is 4.74 Å². The Hall–Kier alpha value is -1.70. The van der Waals surface area contributed by atoms with Crippen LogP contribution >= 0.6 is 23.1 Å². The average Bonchev–Trinajstić information content (AvgIpc) is 2.98. The zero-order valence-electron chi connectivity index (χ0n) is 14.4. The third-order valence-electron chi connectivity index (χ3n) is 4.53. The van der Waals surface area contributed by atoms with Gasteiger partial charge >= 0.3 is 0 Å². The molecule has 1 aromatic carbocycles. The Morgan fingerprint density at radius 2 is 2.15 bits per heavy atom. The summed E-state index contributed by atoms with van der Waals surface area (Å²) in [6, 6.07) is 6.22. The van der Waals surface area contributed by atoms with E-state index in [-0.39, 0.29) is 17.5 Å². The van der Waals surface area contributed by atoms with Crippen molar-refractivity contribution in [3.05, 3.63) is 45.3 Å². The second kappa shape index (κ2) is 7.50. The molecule has 0 bridgehead atoms. The van der Waals surface area contributed by atoms with Crippen LogP contribution < -0.4 is 5.56 Å². The van der Waals surface area contributed by atoms with E-state index in [1.807, 2.05) is 6.92 Å². The van der Waals surface area contributed by atoms with Gasteiger partial charge in [0.2, 0.25) is 0 Å². The number of ether oxygens (including phenoxy) is 1. The van der Waals surface area contributed by atoms with Gasteiger partial charge in [0, 0.05) is 22.8 Å². The van der Waals surface area contributed by atoms with Crippen LogP contribution in [0.5, 0.6) is 0 Å². The van der Waals surface area contributed by atoms with Gasteiger partial charge in [0.25, 0.3) is 5.56 Å². The number of H-pyrrole nitrogens is 1. The van der Waals surface area contributed by atoms with E-state index < -0.39 is 0 Å². The summed E-state index contributed by atoms with van der Waals surface area (Å²) in [6.45, 7) is 2.78.